The zero-order valence-electron chi connectivity index (χ0n) is 11.1. The number of ether oxygens (including phenoxy) is 2. The van der Waals surface area contributed by atoms with Crippen LogP contribution in [0.3, 0.4) is 0 Å². The van der Waals surface area contributed by atoms with Crippen LogP contribution in [0.1, 0.15) is 22.4 Å². The fourth-order valence-corrected chi connectivity index (χ4v) is 2.77. The van der Waals surface area contributed by atoms with Crippen LogP contribution in [0.4, 0.5) is 8.78 Å². The Bertz CT molecular complexity index is 661. The quantitative estimate of drug-likeness (QED) is 0.733. The molecule has 1 atom stereocenters. The Balaban J connectivity index is 1.92. The Labute approximate surface area is 129 Å². The molecule has 2 nitrogen and oxygen atoms in total. The van der Waals surface area contributed by atoms with Crippen molar-refractivity contribution in [3.8, 4) is 11.5 Å². The van der Waals surface area contributed by atoms with Gasteiger partial charge in [0, 0.05) is 6.42 Å². The minimum Gasteiger partial charge on any atom is -0.490 e. The molecule has 1 aliphatic heterocycles. The van der Waals surface area contributed by atoms with E-state index in [2.05, 4.69) is 15.9 Å². The molecule has 0 amide bonds. The summed E-state index contributed by atoms with van der Waals surface area (Å²) in [4.78, 5) is -0.246. The molecule has 0 N–H and O–H groups in total. The van der Waals surface area contributed by atoms with Gasteiger partial charge in [0.1, 0.15) is 0 Å². The monoisotopic (exact) mass is 354 g/mol. The first-order valence-electron chi connectivity index (χ1n) is 6.64. The maximum Gasteiger partial charge on any atom is 0.161 e. The van der Waals surface area contributed by atoms with Crippen molar-refractivity contribution in [2.24, 2.45) is 0 Å². The molecule has 0 aromatic heterocycles. The maximum atomic E-state index is 13.3. The highest BCUT2D eigenvalue weighted by molar-refractivity contribution is 9.09. The Morgan fingerprint density at radius 1 is 0.857 bits per heavy atom. The van der Waals surface area contributed by atoms with Crippen molar-refractivity contribution in [2.75, 3.05) is 13.2 Å². The van der Waals surface area contributed by atoms with E-state index >= 15 is 0 Å². The summed E-state index contributed by atoms with van der Waals surface area (Å²) >= 11 is 3.51. The molecule has 2 aromatic rings. The van der Waals surface area contributed by atoms with E-state index in [1.165, 1.54) is 6.07 Å². The lowest BCUT2D eigenvalue weighted by Crippen LogP contribution is -1.98. The lowest BCUT2D eigenvalue weighted by atomic mass is 10.0. The van der Waals surface area contributed by atoms with Crippen LogP contribution in [0.2, 0.25) is 0 Å². The number of rotatable bonds is 2. The summed E-state index contributed by atoms with van der Waals surface area (Å²) in [7, 11) is 0. The van der Waals surface area contributed by atoms with Crippen LogP contribution in [-0.4, -0.2) is 13.2 Å². The molecule has 110 valence electrons. The summed E-state index contributed by atoms with van der Waals surface area (Å²) < 4.78 is 37.6. The van der Waals surface area contributed by atoms with Gasteiger partial charge in [-0.25, -0.2) is 8.78 Å². The van der Waals surface area contributed by atoms with Crippen molar-refractivity contribution in [1.82, 2.24) is 0 Å². The summed E-state index contributed by atoms with van der Waals surface area (Å²) in [5.74, 6) is -0.318. The van der Waals surface area contributed by atoms with Crippen LogP contribution >= 0.6 is 15.9 Å². The number of halogens is 3. The second-order valence-electron chi connectivity index (χ2n) is 4.79. The van der Waals surface area contributed by atoms with E-state index in [1.54, 1.807) is 6.07 Å². The average Bonchev–Trinajstić information content (AvgIpc) is 2.73. The number of alkyl halides is 1. The van der Waals surface area contributed by atoms with Gasteiger partial charge in [-0.05, 0) is 35.4 Å². The normalized spacial score (nSPS) is 15.4. The largest absolute Gasteiger partial charge is 0.490 e. The predicted molar refractivity (Wildman–Crippen MR) is 79.2 cm³/mol. The molecule has 0 spiro atoms. The molecule has 1 heterocycles. The van der Waals surface area contributed by atoms with Crippen molar-refractivity contribution in [3.63, 3.8) is 0 Å². The Hall–Kier alpha value is -1.62. The van der Waals surface area contributed by atoms with Crippen molar-refractivity contribution in [1.29, 1.82) is 0 Å². The van der Waals surface area contributed by atoms with Crippen LogP contribution in [0, 0.1) is 11.6 Å². The van der Waals surface area contributed by atoms with Gasteiger partial charge in [0.25, 0.3) is 0 Å². The molecule has 5 heteroatoms. The molecule has 0 bridgehead atoms. The highest BCUT2D eigenvalue weighted by atomic mass is 79.9. The number of fused-ring (bicyclic) bond motifs is 1. The Morgan fingerprint density at radius 2 is 1.52 bits per heavy atom. The highest BCUT2D eigenvalue weighted by Crippen LogP contribution is 2.37. The summed E-state index contributed by atoms with van der Waals surface area (Å²) in [5.41, 5.74) is 1.54. The third-order valence-electron chi connectivity index (χ3n) is 3.30. The van der Waals surface area contributed by atoms with Gasteiger partial charge in [-0.3, -0.25) is 0 Å². The maximum absolute atomic E-state index is 13.3. The molecule has 0 saturated carbocycles. The van der Waals surface area contributed by atoms with E-state index in [9.17, 15) is 8.78 Å². The summed E-state index contributed by atoms with van der Waals surface area (Å²) in [5, 5.41) is 0. The molecule has 2 aromatic carbocycles. The summed E-state index contributed by atoms with van der Waals surface area (Å²) in [6.45, 7) is 1.24. The number of hydrogen-bond donors (Lipinski definition) is 0. The molecule has 0 aliphatic carbocycles. The second kappa shape index (κ2) is 6.02. The second-order valence-corrected chi connectivity index (χ2v) is 5.71. The van der Waals surface area contributed by atoms with Crippen LogP contribution < -0.4 is 9.47 Å². The molecule has 0 saturated heterocycles. The lowest BCUT2D eigenvalue weighted by molar-refractivity contribution is 0.297. The van der Waals surface area contributed by atoms with Gasteiger partial charge < -0.3 is 9.47 Å². The first-order chi connectivity index (χ1) is 10.1. The topological polar surface area (TPSA) is 18.5 Å². The predicted octanol–water partition coefficient (Wildman–Crippen LogP) is 4.61. The van der Waals surface area contributed by atoms with E-state index in [-0.39, 0.29) is 4.83 Å². The third-order valence-corrected chi connectivity index (χ3v) is 4.36. The minimum atomic E-state index is -0.855. The average molecular weight is 355 g/mol. The lowest BCUT2D eigenvalue weighted by Gasteiger charge is -2.14. The van der Waals surface area contributed by atoms with E-state index in [1.807, 2.05) is 18.2 Å². The summed E-state index contributed by atoms with van der Waals surface area (Å²) in [6, 6.07) is 9.46. The van der Waals surface area contributed by atoms with Gasteiger partial charge in [0.15, 0.2) is 23.1 Å². The molecule has 0 fully saturated rings. The van der Waals surface area contributed by atoms with Crippen LogP contribution in [0.15, 0.2) is 36.4 Å². The molecule has 21 heavy (non-hydrogen) atoms. The fraction of sp³-hybridized carbons (Fsp3) is 0.250. The van der Waals surface area contributed by atoms with Crippen molar-refractivity contribution < 1.29 is 18.3 Å². The highest BCUT2D eigenvalue weighted by Gasteiger charge is 2.17. The van der Waals surface area contributed by atoms with Gasteiger partial charge in [-0.15, -0.1) is 0 Å². The standard InChI is InChI=1S/C16H13BrF2O2/c17-16(10-2-4-12(18)13(19)8-10)11-3-5-14-15(9-11)21-7-1-6-20-14/h2-5,8-9,16H,1,6-7H2. The van der Waals surface area contributed by atoms with Crippen LogP contribution in [0.5, 0.6) is 11.5 Å². The van der Waals surface area contributed by atoms with Crippen molar-refractivity contribution >= 4 is 15.9 Å². The third kappa shape index (κ3) is 3.02. The fourth-order valence-electron chi connectivity index (χ4n) is 2.20. The number of benzene rings is 2. The van der Waals surface area contributed by atoms with E-state index < -0.39 is 11.6 Å². The molecule has 1 aliphatic rings. The van der Waals surface area contributed by atoms with Crippen LogP contribution in [-0.2, 0) is 0 Å². The van der Waals surface area contributed by atoms with Crippen molar-refractivity contribution in [2.45, 2.75) is 11.2 Å². The molecular weight excluding hydrogens is 342 g/mol. The Morgan fingerprint density at radius 3 is 2.29 bits per heavy atom. The first-order valence-corrected chi connectivity index (χ1v) is 7.55. The molecular formula is C16H13BrF2O2. The van der Waals surface area contributed by atoms with E-state index in [4.69, 9.17) is 9.47 Å². The first kappa shape index (κ1) is 14.3. The van der Waals surface area contributed by atoms with Gasteiger partial charge in [0.05, 0.1) is 18.0 Å². The molecule has 1 unspecified atom stereocenters. The minimum absolute atomic E-state index is 0.246. The Kier molecular flexibility index (Phi) is 4.10. The number of hydrogen-bond acceptors (Lipinski definition) is 2. The smallest absolute Gasteiger partial charge is 0.161 e. The van der Waals surface area contributed by atoms with Crippen molar-refractivity contribution in [3.05, 3.63) is 59.2 Å². The summed E-state index contributed by atoms with van der Waals surface area (Å²) in [6.07, 6.45) is 0.838. The SMILES string of the molecule is Fc1ccc(C(Br)c2ccc3c(c2)OCCCO3)cc1F. The van der Waals surface area contributed by atoms with E-state index in [0.717, 1.165) is 18.1 Å². The molecule has 3 rings (SSSR count). The van der Waals surface area contributed by atoms with Gasteiger partial charge in [0.2, 0.25) is 0 Å². The van der Waals surface area contributed by atoms with Gasteiger partial charge in [-0.2, -0.15) is 0 Å². The zero-order chi connectivity index (χ0) is 14.8. The van der Waals surface area contributed by atoms with Gasteiger partial charge in [-0.1, -0.05) is 28.1 Å². The zero-order valence-corrected chi connectivity index (χ0v) is 12.7. The van der Waals surface area contributed by atoms with Gasteiger partial charge >= 0.3 is 0 Å². The van der Waals surface area contributed by atoms with E-state index in [0.29, 0.717) is 30.3 Å². The molecule has 0 radical (unpaired) electrons. The van der Waals surface area contributed by atoms with Crippen LogP contribution in [0.25, 0.3) is 0 Å².